The van der Waals surface area contributed by atoms with E-state index in [4.69, 9.17) is 4.74 Å². The van der Waals surface area contributed by atoms with Crippen molar-refractivity contribution in [1.29, 1.82) is 0 Å². The van der Waals surface area contributed by atoms with Gasteiger partial charge in [0, 0.05) is 19.3 Å². The maximum absolute atomic E-state index is 11.9. The summed E-state index contributed by atoms with van der Waals surface area (Å²) in [6, 6.07) is 6.09. The summed E-state index contributed by atoms with van der Waals surface area (Å²) in [6.07, 6.45) is 1.16. The quantitative estimate of drug-likeness (QED) is 0.850. The Morgan fingerprint density at radius 3 is 2.67 bits per heavy atom. The van der Waals surface area contributed by atoms with Gasteiger partial charge >= 0.3 is 0 Å². The third kappa shape index (κ3) is 4.60. The van der Waals surface area contributed by atoms with Gasteiger partial charge in [0.2, 0.25) is 5.91 Å². The van der Waals surface area contributed by atoms with Gasteiger partial charge in [-0.25, -0.2) is 0 Å². The van der Waals surface area contributed by atoms with Crippen molar-refractivity contribution in [3.63, 3.8) is 0 Å². The van der Waals surface area contributed by atoms with Gasteiger partial charge in [-0.05, 0) is 56.9 Å². The number of nitrogens with zero attached hydrogens (tertiary/aromatic N) is 2. The summed E-state index contributed by atoms with van der Waals surface area (Å²) in [6.45, 7) is 9.10. The van der Waals surface area contributed by atoms with E-state index < -0.39 is 0 Å². The van der Waals surface area contributed by atoms with E-state index in [9.17, 15) is 4.79 Å². The van der Waals surface area contributed by atoms with E-state index in [1.54, 1.807) is 0 Å². The molecule has 2 aromatic rings. The van der Waals surface area contributed by atoms with Crippen LogP contribution in [0.4, 0.5) is 0 Å². The Bertz CT molecular complexity index is 720. The van der Waals surface area contributed by atoms with E-state index in [-0.39, 0.29) is 5.91 Å². The normalized spacial score (nSPS) is 10.7. The number of hydrogen-bond donors (Lipinski definition) is 1. The molecule has 1 heterocycles. The number of benzene rings is 1. The first-order chi connectivity index (χ1) is 11.4. The topological polar surface area (TPSA) is 56.1 Å². The molecule has 0 saturated carbocycles. The number of hydrogen-bond acceptors (Lipinski definition) is 3. The van der Waals surface area contributed by atoms with Crippen LogP contribution in [0.3, 0.4) is 0 Å². The van der Waals surface area contributed by atoms with E-state index in [2.05, 4.69) is 23.4 Å². The standard InChI is InChI=1S/C19H27N3O2/c1-13-6-7-14(2)18(12-13)24-11-9-19(23)20-10-8-17-15(3)21-22(5)16(17)4/h6-7,12H,8-11H2,1-5H3,(H,20,23). The van der Waals surface area contributed by atoms with Gasteiger partial charge in [-0.3, -0.25) is 9.48 Å². The van der Waals surface area contributed by atoms with Gasteiger partial charge in [0.25, 0.3) is 0 Å². The number of carbonyl (C=O) groups excluding carboxylic acids is 1. The molecule has 1 N–H and O–H groups in total. The maximum atomic E-state index is 11.9. The summed E-state index contributed by atoms with van der Waals surface area (Å²) in [5, 5.41) is 7.34. The predicted molar refractivity (Wildman–Crippen MR) is 95.4 cm³/mol. The molecule has 2 rings (SSSR count). The van der Waals surface area contributed by atoms with E-state index >= 15 is 0 Å². The molecule has 0 spiro atoms. The van der Waals surface area contributed by atoms with Crippen molar-refractivity contribution in [2.24, 2.45) is 7.05 Å². The minimum atomic E-state index is 0.0134. The Morgan fingerprint density at radius 2 is 2.00 bits per heavy atom. The molecule has 0 atom stereocenters. The third-order valence-electron chi connectivity index (χ3n) is 4.29. The average Bonchev–Trinajstić information content (AvgIpc) is 2.77. The molecule has 0 aliphatic carbocycles. The SMILES string of the molecule is Cc1ccc(C)c(OCCC(=O)NCCc2c(C)nn(C)c2C)c1. The van der Waals surface area contributed by atoms with Crippen LogP contribution in [0.25, 0.3) is 0 Å². The highest BCUT2D eigenvalue weighted by Gasteiger charge is 2.10. The molecule has 1 aromatic carbocycles. The maximum Gasteiger partial charge on any atom is 0.223 e. The molecule has 0 aliphatic rings. The average molecular weight is 329 g/mol. The molecule has 0 fully saturated rings. The highest BCUT2D eigenvalue weighted by molar-refractivity contribution is 5.76. The molecule has 0 radical (unpaired) electrons. The largest absolute Gasteiger partial charge is 0.493 e. The lowest BCUT2D eigenvalue weighted by Gasteiger charge is -2.10. The fourth-order valence-electron chi connectivity index (χ4n) is 2.71. The van der Waals surface area contributed by atoms with Gasteiger partial charge in [0.15, 0.2) is 0 Å². The Labute approximate surface area is 144 Å². The molecular formula is C19H27N3O2. The lowest BCUT2D eigenvalue weighted by molar-refractivity contribution is -0.121. The Balaban J connectivity index is 1.73. The molecule has 1 aromatic heterocycles. The lowest BCUT2D eigenvalue weighted by atomic mass is 10.1. The first-order valence-electron chi connectivity index (χ1n) is 8.34. The molecule has 5 heteroatoms. The van der Waals surface area contributed by atoms with Crippen LogP contribution in [0.5, 0.6) is 5.75 Å². The monoisotopic (exact) mass is 329 g/mol. The van der Waals surface area contributed by atoms with Crippen molar-refractivity contribution >= 4 is 5.91 Å². The second-order valence-electron chi connectivity index (χ2n) is 6.24. The summed E-state index contributed by atoms with van der Waals surface area (Å²) in [7, 11) is 1.94. The van der Waals surface area contributed by atoms with Gasteiger partial charge < -0.3 is 10.1 Å². The lowest BCUT2D eigenvalue weighted by Crippen LogP contribution is -2.27. The van der Waals surface area contributed by atoms with Crippen molar-refractivity contribution in [2.45, 2.75) is 40.5 Å². The van der Waals surface area contributed by atoms with E-state index in [1.807, 2.05) is 44.6 Å². The summed E-state index contributed by atoms with van der Waals surface area (Å²) >= 11 is 0. The van der Waals surface area contributed by atoms with Crippen LogP contribution in [0.2, 0.25) is 0 Å². The third-order valence-corrected chi connectivity index (χ3v) is 4.29. The number of aromatic nitrogens is 2. The minimum Gasteiger partial charge on any atom is -0.493 e. The van der Waals surface area contributed by atoms with Crippen molar-refractivity contribution in [3.05, 3.63) is 46.3 Å². The van der Waals surface area contributed by atoms with E-state index in [0.717, 1.165) is 34.7 Å². The molecule has 1 amide bonds. The van der Waals surface area contributed by atoms with Crippen LogP contribution >= 0.6 is 0 Å². The van der Waals surface area contributed by atoms with Gasteiger partial charge in [-0.2, -0.15) is 5.10 Å². The van der Waals surface area contributed by atoms with E-state index in [1.165, 1.54) is 5.56 Å². The summed E-state index contributed by atoms with van der Waals surface area (Å²) in [5.41, 5.74) is 5.64. The van der Waals surface area contributed by atoms with Gasteiger partial charge in [-0.15, -0.1) is 0 Å². The predicted octanol–water partition coefficient (Wildman–Crippen LogP) is 2.78. The van der Waals surface area contributed by atoms with Crippen LogP contribution in [-0.2, 0) is 18.3 Å². The second kappa shape index (κ2) is 7.99. The van der Waals surface area contributed by atoms with Crippen LogP contribution in [0, 0.1) is 27.7 Å². The first-order valence-corrected chi connectivity index (χ1v) is 8.34. The van der Waals surface area contributed by atoms with E-state index in [0.29, 0.717) is 19.6 Å². The smallest absolute Gasteiger partial charge is 0.223 e. The van der Waals surface area contributed by atoms with Gasteiger partial charge in [0.1, 0.15) is 5.75 Å². The Kier molecular flexibility index (Phi) is 6.01. The van der Waals surface area contributed by atoms with Gasteiger partial charge in [0.05, 0.1) is 18.7 Å². The molecule has 0 aliphatic heterocycles. The van der Waals surface area contributed by atoms with Gasteiger partial charge in [-0.1, -0.05) is 12.1 Å². The van der Waals surface area contributed by atoms with Crippen molar-refractivity contribution in [3.8, 4) is 5.75 Å². The van der Waals surface area contributed by atoms with Crippen molar-refractivity contribution in [1.82, 2.24) is 15.1 Å². The number of amides is 1. The zero-order valence-electron chi connectivity index (χ0n) is 15.3. The summed E-state index contributed by atoms with van der Waals surface area (Å²) in [5.74, 6) is 0.865. The number of rotatable bonds is 7. The van der Waals surface area contributed by atoms with Crippen molar-refractivity contribution in [2.75, 3.05) is 13.2 Å². The van der Waals surface area contributed by atoms with Crippen LogP contribution in [-0.4, -0.2) is 28.8 Å². The zero-order valence-corrected chi connectivity index (χ0v) is 15.3. The molecule has 0 unspecified atom stereocenters. The molecule has 5 nitrogen and oxygen atoms in total. The second-order valence-corrected chi connectivity index (χ2v) is 6.24. The summed E-state index contributed by atoms with van der Waals surface area (Å²) in [4.78, 5) is 11.9. The van der Waals surface area contributed by atoms with Crippen LogP contribution < -0.4 is 10.1 Å². The number of carbonyl (C=O) groups is 1. The van der Waals surface area contributed by atoms with Crippen LogP contribution in [0.15, 0.2) is 18.2 Å². The Hall–Kier alpha value is -2.30. The molecule has 0 bridgehead atoms. The Morgan fingerprint density at radius 1 is 1.25 bits per heavy atom. The highest BCUT2D eigenvalue weighted by Crippen LogP contribution is 2.19. The fraction of sp³-hybridized carbons (Fsp3) is 0.474. The minimum absolute atomic E-state index is 0.0134. The molecule has 130 valence electrons. The van der Waals surface area contributed by atoms with Crippen LogP contribution in [0.1, 0.15) is 34.5 Å². The molecule has 24 heavy (non-hydrogen) atoms. The first kappa shape index (κ1) is 18.0. The highest BCUT2D eigenvalue weighted by atomic mass is 16.5. The fourth-order valence-corrected chi connectivity index (χ4v) is 2.71. The number of aryl methyl sites for hydroxylation is 4. The summed E-state index contributed by atoms with van der Waals surface area (Å²) < 4.78 is 7.60. The molecular weight excluding hydrogens is 302 g/mol. The molecule has 0 saturated heterocycles. The van der Waals surface area contributed by atoms with Crippen molar-refractivity contribution < 1.29 is 9.53 Å². The number of ether oxygens (including phenoxy) is 1. The zero-order chi connectivity index (χ0) is 17.7. The number of nitrogens with one attached hydrogen (secondary N) is 1.